The van der Waals surface area contributed by atoms with Gasteiger partial charge in [-0.05, 0) is 55.2 Å². The number of nitrogens with zero attached hydrogens (tertiary/aromatic N) is 2. The van der Waals surface area contributed by atoms with Crippen molar-refractivity contribution >= 4 is 17.6 Å². The largest absolute Gasteiger partial charge is 0.342 e. The molecule has 1 fully saturated rings. The highest BCUT2D eigenvalue weighted by molar-refractivity contribution is 5.92. The van der Waals surface area contributed by atoms with E-state index in [1.54, 1.807) is 23.2 Å². The Labute approximate surface area is 152 Å². The third-order valence-corrected chi connectivity index (χ3v) is 4.58. The molecule has 0 aliphatic carbocycles. The summed E-state index contributed by atoms with van der Waals surface area (Å²) in [5, 5.41) is 2.84. The number of halogens is 1. The van der Waals surface area contributed by atoms with Crippen molar-refractivity contribution in [1.29, 1.82) is 0 Å². The number of hydrogen-bond acceptors (Lipinski definition) is 3. The molecule has 0 radical (unpaired) electrons. The molecule has 0 bridgehead atoms. The number of anilines is 1. The van der Waals surface area contributed by atoms with Gasteiger partial charge in [-0.1, -0.05) is 12.1 Å². The normalized spacial score (nSPS) is 17.0. The van der Waals surface area contributed by atoms with Crippen molar-refractivity contribution in [2.75, 3.05) is 18.4 Å². The Kier molecular flexibility index (Phi) is 5.61. The summed E-state index contributed by atoms with van der Waals surface area (Å²) in [7, 11) is 0. The van der Waals surface area contributed by atoms with Crippen LogP contribution >= 0.6 is 0 Å². The Morgan fingerprint density at radius 1 is 1.27 bits per heavy atom. The number of nitrogens with one attached hydrogen (secondary N) is 1. The molecule has 1 aromatic heterocycles. The fourth-order valence-corrected chi connectivity index (χ4v) is 3.14. The lowest BCUT2D eigenvalue weighted by Gasteiger charge is -2.32. The summed E-state index contributed by atoms with van der Waals surface area (Å²) in [5.74, 6) is -0.182. The fraction of sp³-hybridized carbons (Fsp3) is 0.350. The number of pyridine rings is 1. The zero-order chi connectivity index (χ0) is 18.5. The highest BCUT2D eigenvalue weighted by Crippen LogP contribution is 2.19. The maximum absolute atomic E-state index is 13.0. The van der Waals surface area contributed by atoms with E-state index in [1.807, 2.05) is 19.1 Å². The highest BCUT2D eigenvalue weighted by Gasteiger charge is 2.28. The van der Waals surface area contributed by atoms with Crippen LogP contribution in [-0.2, 0) is 16.0 Å². The fourth-order valence-electron chi connectivity index (χ4n) is 3.14. The van der Waals surface area contributed by atoms with Gasteiger partial charge in [0, 0.05) is 19.3 Å². The molecule has 2 aromatic rings. The molecule has 5 nitrogen and oxygen atoms in total. The number of hydrogen-bond donors (Lipinski definition) is 1. The Morgan fingerprint density at radius 2 is 2.04 bits per heavy atom. The third-order valence-electron chi connectivity index (χ3n) is 4.58. The zero-order valence-corrected chi connectivity index (χ0v) is 14.7. The van der Waals surface area contributed by atoms with Crippen molar-refractivity contribution in [2.45, 2.75) is 26.2 Å². The molecule has 1 saturated heterocycles. The van der Waals surface area contributed by atoms with Crippen molar-refractivity contribution in [3.63, 3.8) is 0 Å². The Morgan fingerprint density at radius 3 is 2.77 bits per heavy atom. The lowest BCUT2D eigenvalue weighted by atomic mass is 9.96. The van der Waals surface area contributed by atoms with Crippen LogP contribution in [0.2, 0.25) is 0 Å². The number of rotatable bonds is 4. The lowest BCUT2D eigenvalue weighted by molar-refractivity contribution is -0.133. The topological polar surface area (TPSA) is 62.3 Å². The van der Waals surface area contributed by atoms with E-state index >= 15 is 0 Å². The van der Waals surface area contributed by atoms with E-state index in [9.17, 15) is 14.0 Å². The molecule has 1 aliphatic heterocycles. The first-order valence-corrected chi connectivity index (χ1v) is 8.77. The van der Waals surface area contributed by atoms with Crippen LogP contribution < -0.4 is 5.32 Å². The summed E-state index contributed by atoms with van der Waals surface area (Å²) in [6.07, 6.45) is 3.41. The molecular weight excluding hydrogens is 333 g/mol. The first-order chi connectivity index (χ1) is 12.5. The predicted molar refractivity (Wildman–Crippen MR) is 97.0 cm³/mol. The number of benzene rings is 1. The summed E-state index contributed by atoms with van der Waals surface area (Å²) >= 11 is 0. The van der Waals surface area contributed by atoms with Crippen LogP contribution in [0.25, 0.3) is 0 Å². The molecule has 1 N–H and O–H groups in total. The average molecular weight is 355 g/mol. The molecule has 2 heterocycles. The van der Waals surface area contributed by atoms with Crippen molar-refractivity contribution < 1.29 is 14.0 Å². The van der Waals surface area contributed by atoms with E-state index in [-0.39, 0.29) is 30.0 Å². The van der Waals surface area contributed by atoms with E-state index < -0.39 is 0 Å². The standard InChI is InChI=1S/C20H22FN3O2/c1-14-8-9-22-18(11-14)23-20(26)16-3-2-10-24(13-16)19(25)12-15-4-6-17(21)7-5-15/h4-9,11,16H,2-3,10,12-13H2,1H3,(H,22,23,26). The monoisotopic (exact) mass is 355 g/mol. The zero-order valence-electron chi connectivity index (χ0n) is 14.7. The predicted octanol–water partition coefficient (Wildman–Crippen LogP) is 2.95. The Hall–Kier alpha value is -2.76. The quantitative estimate of drug-likeness (QED) is 0.917. The summed E-state index contributed by atoms with van der Waals surface area (Å²) < 4.78 is 13.0. The second-order valence-electron chi connectivity index (χ2n) is 6.69. The highest BCUT2D eigenvalue weighted by atomic mass is 19.1. The molecule has 1 unspecified atom stereocenters. The Bertz CT molecular complexity index is 792. The molecule has 3 rings (SSSR count). The minimum absolute atomic E-state index is 0.0391. The molecule has 1 aliphatic rings. The molecule has 0 saturated carbocycles. The lowest BCUT2D eigenvalue weighted by Crippen LogP contribution is -2.44. The molecule has 6 heteroatoms. The van der Waals surface area contributed by atoms with Crippen LogP contribution in [0.15, 0.2) is 42.6 Å². The number of amides is 2. The van der Waals surface area contributed by atoms with Gasteiger partial charge in [0.05, 0.1) is 12.3 Å². The van der Waals surface area contributed by atoms with Gasteiger partial charge in [-0.2, -0.15) is 0 Å². The van der Waals surface area contributed by atoms with Crippen molar-refractivity contribution in [1.82, 2.24) is 9.88 Å². The number of aryl methyl sites for hydroxylation is 1. The van der Waals surface area contributed by atoms with Gasteiger partial charge < -0.3 is 10.2 Å². The van der Waals surface area contributed by atoms with E-state index in [2.05, 4.69) is 10.3 Å². The summed E-state index contributed by atoms with van der Waals surface area (Å²) in [4.78, 5) is 30.9. The van der Waals surface area contributed by atoms with Crippen molar-refractivity contribution in [2.24, 2.45) is 5.92 Å². The van der Waals surface area contributed by atoms with Gasteiger partial charge >= 0.3 is 0 Å². The SMILES string of the molecule is Cc1ccnc(NC(=O)C2CCCN(C(=O)Cc3ccc(F)cc3)C2)c1. The van der Waals surface area contributed by atoms with E-state index in [1.165, 1.54) is 12.1 Å². The van der Waals surface area contributed by atoms with Crippen LogP contribution in [0.1, 0.15) is 24.0 Å². The number of aromatic nitrogens is 1. The maximum Gasteiger partial charge on any atom is 0.230 e. The number of carbonyl (C=O) groups excluding carboxylic acids is 2. The van der Waals surface area contributed by atoms with Gasteiger partial charge in [-0.3, -0.25) is 9.59 Å². The second-order valence-corrected chi connectivity index (χ2v) is 6.69. The van der Waals surface area contributed by atoms with Gasteiger partial charge in [0.1, 0.15) is 11.6 Å². The van der Waals surface area contributed by atoms with Crippen LogP contribution in [0.3, 0.4) is 0 Å². The van der Waals surface area contributed by atoms with Crippen molar-refractivity contribution in [3.05, 3.63) is 59.5 Å². The number of likely N-dealkylation sites (tertiary alicyclic amines) is 1. The first kappa shape index (κ1) is 18.0. The minimum Gasteiger partial charge on any atom is -0.342 e. The van der Waals surface area contributed by atoms with E-state index in [0.29, 0.717) is 18.9 Å². The van der Waals surface area contributed by atoms with Crippen molar-refractivity contribution in [3.8, 4) is 0 Å². The van der Waals surface area contributed by atoms with E-state index in [0.717, 1.165) is 24.0 Å². The number of carbonyl (C=O) groups is 2. The summed E-state index contributed by atoms with van der Waals surface area (Å²) in [5.41, 5.74) is 1.79. The van der Waals surface area contributed by atoms with Crippen LogP contribution in [0, 0.1) is 18.7 Å². The molecule has 26 heavy (non-hydrogen) atoms. The molecule has 2 amide bonds. The van der Waals surface area contributed by atoms with Gasteiger partial charge in [-0.15, -0.1) is 0 Å². The second kappa shape index (κ2) is 8.08. The molecule has 1 aromatic carbocycles. The summed E-state index contributed by atoms with van der Waals surface area (Å²) in [6, 6.07) is 9.62. The van der Waals surface area contributed by atoms with Crippen LogP contribution in [0.4, 0.5) is 10.2 Å². The van der Waals surface area contributed by atoms with Crippen LogP contribution in [-0.4, -0.2) is 34.8 Å². The van der Waals surface area contributed by atoms with Gasteiger partial charge in [0.25, 0.3) is 0 Å². The molecule has 136 valence electrons. The van der Waals surface area contributed by atoms with Crippen LogP contribution in [0.5, 0.6) is 0 Å². The smallest absolute Gasteiger partial charge is 0.230 e. The molecule has 0 spiro atoms. The molecule has 1 atom stereocenters. The van der Waals surface area contributed by atoms with Gasteiger partial charge in [-0.25, -0.2) is 9.37 Å². The minimum atomic E-state index is -0.319. The average Bonchev–Trinajstić information content (AvgIpc) is 2.64. The first-order valence-electron chi connectivity index (χ1n) is 8.77. The van der Waals surface area contributed by atoms with Gasteiger partial charge in [0.2, 0.25) is 11.8 Å². The van der Waals surface area contributed by atoms with E-state index in [4.69, 9.17) is 0 Å². The number of piperidine rings is 1. The van der Waals surface area contributed by atoms with Gasteiger partial charge in [0.15, 0.2) is 0 Å². The molecular formula is C20H22FN3O2. The third kappa shape index (κ3) is 4.65. The maximum atomic E-state index is 13.0. The summed E-state index contributed by atoms with van der Waals surface area (Å²) in [6.45, 7) is 2.98. The Balaban J connectivity index is 1.58.